The van der Waals surface area contributed by atoms with E-state index in [4.69, 9.17) is 0 Å². The van der Waals surface area contributed by atoms with Gasteiger partial charge in [-0.3, -0.25) is 4.79 Å². The number of thioether (sulfide) groups is 1. The van der Waals surface area contributed by atoms with Crippen molar-refractivity contribution in [3.63, 3.8) is 0 Å². The lowest BCUT2D eigenvalue weighted by Crippen LogP contribution is -2.57. The Kier molecular flexibility index (Phi) is 1.79. The summed E-state index contributed by atoms with van der Waals surface area (Å²) in [5, 5.41) is 1.20. The molecule has 0 amide bonds. The SMILES string of the molecule is [CH2]S[C+]1C(C)(C)C(=O)C1(C)C. The maximum absolute atomic E-state index is 11.5. The van der Waals surface area contributed by atoms with Gasteiger partial charge in [0.2, 0.25) is 5.78 Å². The number of carbonyl (C=O) groups is 1. The molecule has 11 heavy (non-hydrogen) atoms. The smallest absolute Gasteiger partial charge is 0.234 e. The first-order valence-electron chi connectivity index (χ1n) is 3.70. The van der Waals surface area contributed by atoms with Crippen molar-refractivity contribution in [3.05, 3.63) is 11.5 Å². The summed E-state index contributed by atoms with van der Waals surface area (Å²) in [6, 6.07) is 0. The van der Waals surface area contributed by atoms with E-state index in [-0.39, 0.29) is 10.8 Å². The van der Waals surface area contributed by atoms with Crippen LogP contribution in [-0.2, 0) is 4.79 Å². The quantitative estimate of drug-likeness (QED) is 0.563. The minimum absolute atomic E-state index is 0.240. The molecule has 0 bridgehead atoms. The molecule has 0 N–H and O–H groups in total. The molecule has 1 rings (SSSR count). The van der Waals surface area contributed by atoms with E-state index in [0.29, 0.717) is 5.78 Å². The number of carbonyl (C=O) groups excluding carboxylic acids is 1. The summed E-state index contributed by atoms with van der Waals surface area (Å²) in [5.74, 6) is 0.330. The van der Waals surface area contributed by atoms with Crippen LogP contribution in [0.25, 0.3) is 0 Å². The fourth-order valence-corrected chi connectivity index (χ4v) is 2.97. The highest BCUT2D eigenvalue weighted by atomic mass is 32.2. The largest absolute Gasteiger partial charge is 0.289 e. The summed E-state index contributed by atoms with van der Waals surface area (Å²) in [6.07, 6.45) is 3.76. The Hall–Kier alpha value is -0.110. The lowest BCUT2D eigenvalue weighted by Gasteiger charge is -2.42. The molecule has 1 nitrogen and oxygen atoms in total. The van der Waals surface area contributed by atoms with Crippen LogP contribution in [0, 0.1) is 22.3 Å². The molecule has 1 radical (unpaired) electrons. The Bertz CT molecular complexity index is 176. The molecule has 1 fully saturated rings. The van der Waals surface area contributed by atoms with Gasteiger partial charge in [-0.1, -0.05) is 0 Å². The van der Waals surface area contributed by atoms with Gasteiger partial charge < -0.3 is 0 Å². The van der Waals surface area contributed by atoms with Crippen LogP contribution >= 0.6 is 11.8 Å². The van der Waals surface area contributed by atoms with Gasteiger partial charge in [0.25, 0.3) is 0 Å². The molecule has 1 aliphatic carbocycles. The average Bonchev–Trinajstić information content (AvgIpc) is 1.86. The van der Waals surface area contributed by atoms with Crippen LogP contribution in [0.4, 0.5) is 0 Å². The number of rotatable bonds is 1. The Labute approximate surface area is 72.9 Å². The summed E-state index contributed by atoms with van der Waals surface area (Å²) < 4.78 is 0. The van der Waals surface area contributed by atoms with Crippen LogP contribution in [0.1, 0.15) is 27.7 Å². The van der Waals surface area contributed by atoms with Gasteiger partial charge in [-0.15, -0.1) is 0 Å². The van der Waals surface area contributed by atoms with E-state index in [1.807, 2.05) is 27.7 Å². The third-order valence-electron chi connectivity index (χ3n) is 2.41. The second kappa shape index (κ2) is 2.19. The first-order chi connectivity index (χ1) is 4.85. The molecule has 0 saturated heterocycles. The van der Waals surface area contributed by atoms with Gasteiger partial charge in [-0.25, -0.2) is 0 Å². The van der Waals surface area contributed by atoms with Crippen molar-refractivity contribution in [1.82, 2.24) is 0 Å². The second-order valence-electron chi connectivity index (χ2n) is 4.05. The van der Waals surface area contributed by atoms with Gasteiger partial charge >= 0.3 is 0 Å². The summed E-state index contributed by atoms with van der Waals surface area (Å²) in [4.78, 5) is 11.5. The Morgan fingerprint density at radius 1 is 1.27 bits per heavy atom. The van der Waals surface area contributed by atoms with Gasteiger partial charge in [-0.05, 0) is 27.7 Å². The molecule has 0 heterocycles. The molecular weight excluding hydrogens is 156 g/mol. The fraction of sp³-hybridized carbons (Fsp3) is 0.667. The zero-order valence-electron chi connectivity index (χ0n) is 7.52. The van der Waals surface area contributed by atoms with Crippen molar-refractivity contribution in [3.8, 4) is 0 Å². The zero-order valence-corrected chi connectivity index (χ0v) is 8.34. The minimum Gasteiger partial charge on any atom is -0.289 e. The molecule has 1 saturated carbocycles. The maximum Gasteiger partial charge on any atom is 0.234 e. The number of hydrogen-bond donors (Lipinski definition) is 0. The van der Waals surface area contributed by atoms with Gasteiger partial charge in [0.05, 0.1) is 18.0 Å². The third kappa shape index (κ3) is 0.919. The van der Waals surface area contributed by atoms with Crippen LogP contribution in [0.3, 0.4) is 0 Å². The fourth-order valence-electron chi connectivity index (χ4n) is 2.07. The van der Waals surface area contributed by atoms with Crippen LogP contribution in [0.5, 0.6) is 0 Å². The first kappa shape index (κ1) is 8.98. The van der Waals surface area contributed by atoms with Crippen LogP contribution in [0.15, 0.2) is 0 Å². The predicted molar refractivity (Wildman–Crippen MR) is 48.8 cm³/mol. The summed E-state index contributed by atoms with van der Waals surface area (Å²) in [6.45, 7) is 7.87. The molecule has 0 unspecified atom stereocenters. The van der Waals surface area contributed by atoms with Crippen LogP contribution < -0.4 is 0 Å². The lowest BCUT2D eigenvalue weighted by molar-refractivity contribution is -0.143. The average molecular weight is 170 g/mol. The molecule has 0 spiro atoms. The lowest BCUT2D eigenvalue weighted by atomic mass is 9.54. The van der Waals surface area contributed by atoms with E-state index >= 15 is 0 Å². The van der Waals surface area contributed by atoms with Gasteiger partial charge in [-0.2, -0.15) is 0 Å². The number of Topliss-reactive ketones (excluding diaryl/α,β-unsaturated/α-hetero) is 1. The van der Waals surface area contributed by atoms with E-state index in [1.165, 1.54) is 17.0 Å². The van der Waals surface area contributed by atoms with Crippen molar-refractivity contribution >= 4 is 17.5 Å². The van der Waals surface area contributed by atoms with E-state index in [2.05, 4.69) is 6.26 Å². The highest BCUT2D eigenvalue weighted by Gasteiger charge is 2.73. The molecule has 0 aromatic heterocycles. The maximum atomic E-state index is 11.5. The summed E-state index contributed by atoms with van der Waals surface area (Å²) in [7, 11) is 0. The molecular formula is C9H14OS+. The molecule has 0 aromatic rings. The van der Waals surface area contributed by atoms with E-state index in [0.717, 1.165) is 0 Å². The highest BCUT2D eigenvalue weighted by Crippen LogP contribution is 2.61. The number of hydrogen-bond acceptors (Lipinski definition) is 2. The van der Waals surface area contributed by atoms with Crippen LogP contribution in [-0.4, -0.2) is 5.78 Å². The molecule has 0 aliphatic heterocycles. The topological polar surface area (TPSA) is 17.1 Å². The Morgan fingerprint density at radius 2 is 1.64 bits per heavy atom. The van der Waals surface area contributed by atoms with Gasteiger partial charge in [0, 0.05) is 0 Å². The van der Waals surface area contributed by atoms with E-state index in [9.17, 15) is 4.79 Å². The summed E-state index contributed by atoms with van der Waals surface area (Å²) in [5.41, 5.74) is -0.480. The predicted octanol–water partition coefficient (Wildman–Crippen LogP) is 2.68. The second-order valence-corrected chi connectivity index (χ2v) is 4.75. The minimum atomic E-state index is -0.240. The van der Waals surface area contributed by atoms with Crippen molar-refractivity contribution in [1.29, 1.82) is 0 Å². The van der Waals surface area contributed by atoms with E-state index < -0.39 is 0 Å². The standard InChI is InChI=1S/C9H14OS/c1-8(2)6(10)9(3,4)7(8)11-5/h5H2,1-4H3/q+1. The zero-order chi connectivity index (χ0) is 8.86. The highest BCUT2D eigenvalue weighted by molar-refractivity contribution is 8.03. The molecule has 0 atom stereocenters. The molecule has 61 valence electrons. The molecule has 1 aliphatic rings. The van der Waals surface area contributed by atoms with Crippen molar-refractivity contribution in [2.24, 2.45) is 10.8 Å². The number of ketones is 1. The Morgan fingerprint density at radius 3 is 1.82 bits per heavy atom. The summed E-state index contributed by atoms with van der Waals surface area (Å²) >= 11 is 1.48. The normalized spacial score (nSPS) is 26.6. The van der Waals surface area contributed by atoms with Gasteiger partial charge in [0.1, 0.15) is 0 Å². The van der Waals surface area contributed by atoms with Gasteiger partial charge in [0.15, 0.2) is 16.1 Å². The molecule has 0 aromatic carbocycles. The Balaban J connectivity index is 2.88. The van der Waals surface area contributed by atoms with E-state index in [1.54, 1.807) is 0 Å². The van der Waals surface area contributed by atoms with Crippen molar-refractivity contribution in [2.45, 2.75) is 27.7 Å². The first-order valence-corrected chi connectivity index (χ1v) is 4.68. The van der Waals surface area contributed by atoms with Crippen molar-refractivity contribution in [2.75, 3.05) is 0 Å². The van der Waals surface area contributed by atoms with Crippen LogP contribution in [0.2, 0.25) is 0 Å². The monoisotopic (exact) mass is 170 g/mol. The van der Waals surface area contributed by atoms with Crippen molar-refractivity contribution < 1.29 is 4.79 Å². The third-order valence-corrected chi connectivity index (χ3v) is 3.72. The molecule has 2 heteroatoms.